The number of nitrogens with zero attached hydrogens (tertiary/aromatic N) is 5. The fourth-order valence-corrected chi connectivity index (χ4v) is 2.95. The third-order valence-corrected chi connectivity index (χ3v) is 4.74. The fraction of sp³-hybridized carbons (Fsp3) is 0.667. The third-order valence-electron chi connectivity index (χ3n) is 4.74. The van der Waals surface area contributed by atoms with Gasteiger partial charge in [-0.2, -0.15) is 0 Å². The Balaban J connectivity index is 1.61. The molecule has 1 amide bonds. The first-order valence-corrected chi connectivity index (χ1v) is 8.94. The fourth-order valence-electron chi connectivity index (χ4n) is 2.95. The zero-order valence-corrected chi connectivity index (χ0v) is 15.7. The number of piperidine rings is 1. The molecule has 2 aromatic heterocycles. The lowest BCUT2D eigenvalue weighted by molar-refractivity contribution is 0.0647. The van der Waals surface area contributed by atoms with Gasteiger partial charge < -0.3 is 9.42 Å². The lowest BCUT2D eigenvalue weighted by atomic mass is 9.93. The Hall–Kier alpha value is -2.18. The van der Waals surface area contributed by atoms with Crippen LogP contribution in [0.25, 0.3) is 0 Å². The summed E-state index contributed by atoms with van der Waals surface area (Å²) in [6, 6.07) is 2.04. The van der Waals surface area contributed by atoms with Crippen molar-refractivity contribution in [3.05, 3.63) is 29.4 Å². The summed E-state index contributed by atoms with van der Waals surface area (Å²) in [6.45, 7) is 11.8. The Morgan fingerprint density at radius 3 is 2.48 bits per heavy atom. The van der Waals surface area contributed by atoms with Gasteiger partial charge in [0.15, 0.2) is 0 Å². The summed E-state index contributed by atoms with van der Waals surface area (Å²) >= 11 is 0. The summed E-state index contributed by atoms with van der Waals surface area (Å²) in [5, 5.41) is 12.6. The number of carbonyl (C=O) groups excluding carboxylic acids is 1. The quantitative estimate of drug-likeness (QED) is 0.854. The molecule has 25 heavy (non-hydrogen) atoms. The molecule has 1 aliphatic heterocycles. The topological polar surface area (TPSA) is 77.0 Å². The maximum Gasteiger partial charge on any atom is 0.292 e. The minimum Gasteiger partial charge on any atom is -0.351 e. The van der Waals surface area contributed by atoms with Crippen LogP contribution in [-0.4, -0.2) is 44.0 Å². The number of carbonyl (C=O) groups is 1. The van der Waals surface area contributed by atoms with E-state index >= 15 is 0 Å². The van der Waals surface area contributed by atoms with Gasteiger partial charge in [0.05, 0.1) is 17.4 Å². The zero-order chi connectivity index (χ0) is 18.2. The highest BCUT2D eigenvalue weighted by molar-refractivity contribution is 5.91. The van der Waals surface area contributed by atoms with Crippen molar-refractivity contribution in [2.24, 2.45) is 0 Å². The van der Waals surface area contributed by atoms with E-state index in [0.717, 1.165) is 24.2 Å². The third kappa shape index (κ3) is 3.75. The first-order chi connectivity index (χ1) is 11.8. The molecule has 0 aliphatic carbocycles. The summed E-state index contributed by atoms with van der Waals surface area (Å²) in [5.41, 5.74) is 1.81. The van der Waals surface area contributed by atoms with Crippen molar-refractivity contribution in [3.8, 4) is 0 Å². The summed E-state index contributed by atoms with van der Waals surface area (Å²) in [6.07, 6.45) is 3.77. The molecule has 136 valence electrons. The predicted octanol–water partition coefficient (Wildman–Crippen LogP) is 3.16. The molecular weight excluding hydrogens is 318 g/mol. The van der Waals surface area contributed by atoms with E-state index in [9.17, 15) is 4.79 Å². The van der Waals surface area contributed by atoms with Crippen molar-refractivity contribution in [1.29, 1.82) is 0 Å². The predicted molar refractivity (Wildman–Crippen MR) is 93.5 cm³/mol. The lowest BCUT2D eigenvalue weighted by Crippen LogP contribution is -2.39. The van der Waals surface area contributed by atoms with Crippen LogP contribution < -0.4 is 0 Å². The normalized spacial score (nSPS) is 16.6. The van der Waals surface area contributed by atoms with Crippen molar-refractivity contribution >= 4 is 5.91 Å². The van der Waals surface area contributed by atoms with Crippen molar-refractivity contribution < 1.29 is 9.32 Å². The number of hydrogen-bond acceptors (Lipinski definition) is 5. The molecule has 0 spiro atoms. The molecule has 1 aliphatic rings. The van der Waals surface area contributed by atoms with Gasteiger partial charge in [0.1, 0.15) is 0 Å². The van der Waals surface area contributed by atoms with Crippen LogP contribution in [0, 0.1) is 0 Å². The zero-order valence-electron chi connectivity index (χ0n) is 15.7. The van der Waals surface area contributed by atoms with Gasteiger partial charge in [-0.3, -0.25) is 4.79 Å². The van der Waals surface area contributed by atoms with E-state index in [2.05, 4.69) is 36.2 Å². The van der Waals surface area contributed by atoms with Gasteiger partial charge in [0.25, 0.3) is 5.91 Å². The molecule has 0 N–H and O–H groups in total. The van der Waals surface area contributed by atoms with Gasteiger partial charge in [-0.25, -0.2) is 4.68 Å². The van der Waals surface area contributed by atoms with E-state index < -0.39 is 0 Å². The van der Waals surface area contributed by atoms with Crippen LogP contribution in [0.5, 0.6) is 0 Å². The molecule has 1 saturated heterocycles. The molecule has 7 nitrogen and oxygen atoms in total. The van der Waals surface area contributed by atoms with E-state index in [1.165, 1.54) is 0 Å². The Kier molecular flexibility index (Phi) is 4.67. The second-order valence-corrected chi connectivity index (χ2v) is 8.13. The van der Waals surface area contributed by atoms with Crippen LogP contribution >= 0.6 is 0 Å². The number of hydrogen-bond donors (Lipinski definition) is 0. The summed E-state index contributed by atoms with van der Waals surface area (Å²) in [5.74, 6) is 0.505. The first-order valence-electron chi connectivity index (χ1n) is 8.94. The van der Waals surface area contributed by atoms with Gasteiger partial charge in [-0.15, -0.1) is 5.10 Å². The van der Waals surface area contributed by atoms with E-state index in [1.54, 1.807) is 6.07 Å². The maximum atomic E-state index is 12.6. The second kappa shape index (κ2) is 6.61. The second-order valence-electron chi connectivity index (χ2n) is 8.13. The van der Waals surface area contributed by atoms with Crippen molar-refractivity contribution in [2.75, 3.05) is 13.1 Å². The van der Waals surface area contributed by atoms with Crippen molar-refractivity contribution in [2.45, 2.75) is 64.8 Å². The number of aromatic nitrogens is 4. The minimum atomic E-state index is -0.0770. The molecule has 0 unspecified atom stereocenters. The van der Waals surface area contributed by atoms with Crippen LogP contribution in [-0.2, 0) is 5.41 Å². The Bertz CT molecular complexity index is 733. The SMILES string of the molecule is CC(C)c1cc(C(=O)N2CCC(n3cc(C(C)(C)C)nn3)CC2)on1. The molecule has 0 atom stereocenters. The van der Waals surface area contributed by atoms with E-state index in [1.807, 2.05) is 29.6 Å². The molecule has 0 saturated carbocycles. The average molecular weight is 345 g/mol. The molecule has 1 fully saturated rings. The molecule has 0 aromatic carbocycles. The standard InChI is InChI=1S/C18H27N5O2/c1-12(2)14-10-15(25-20-14)17(24)22-8-6-13(7-9-22)23-11-16(19-21-23)18(3,4)5/h10-13H,6-9H2,1-5H3. The molecular formula is C18H27N5O2. The van der Waals surface area contributed by atoms with Crippen LogP contribution in [0.3, 0.4) is 0 Å². The number of likely N-dealkylation sites (tertiary alicyclic amines) is 1. The van der Waals surface area contributed by atoms with Crippen LogP contribution in [0.2, 0.25) is 0 Å². The number of amides is 1. The van der Waals surface area contributed by atoms with Gasteiger partial charge in [0, 0.05) is 30.8 Å². The lowest BCUT2D eigenvalue weighted by Gasteiger charge is -2.31. The molecule has 3 heterocycles. The monoisotopic (exact) mass is 345 g/mol. The maximum absolute atomic E-state index is 12.6. The molecule has 3 rings (SSSR count). The van der Waals surface area contributed by atoms with Gasteiger partial charge in [0.2, 0.25) is 5.76 Å². The smallest absolute Gasteiger partial charge is 0.292 e. The van der Waals surface area contributed by atoms with E-state index in [-0.39, 0.29) is 23.3 Å². The average Bonchev–Trinajstić information content (AvgIpc) is 3.23. The highest BCUT2D eigenvalue weighted by atomic mass is 16.5. The molecule has 2 aromatic rings. The molecule has 0 bridgehead atoms. The largest absolute Gasteiger partial charge is 0.351 e. The van der Waals surface area contributed by atoms with E-state index in [4.69, 9.17) is 4.52 Å². The Morgan fingerprint density at radius 2 is 1.96 bits per heavy atom. The summed E-state index contributed by atoms with van der Waals surface area (Å²) in [4.78, 5) is 14.4. The summed E-state index contributed by atoms with van der Waals surface area (Å²) in [7, 11) is 0. The Labute approximate surface area is 148 Å². The van der Waals surface area contributed by atoms with Crippen LogP contribution in [0.15, 0.2) is 16.8 Å². The molecule has 7 heteroatoms. The Morgan fingerprint density at radius 1 is 1.28 bits per heavy atom. The van der Waals surface area contributed by atoms with E-state index in [0.29, 0.717) is 18.8 Å². The summed E-state index contributed by atoms with van der Waals surface area (Å²) < 4.78 is 7.18. The van der Waals surface area contributed by atoms with Crippen LogP contribution in [0.4, 0.5) is 0 Å². The van der Waals surface area contributed by atoms with Crippen molar-refractivity contribution in [3.63, 3.8) is 0 Å². The highest BCUT2D eigenvalue weighted by Gasteiger charge is 2.28. The van der Waals surface area contributed by atoms with Crippen molar-refractivity contribution in [1.82, 2.24) is 25.1 Å². The van der Waals surface area contributed by atoms with Crippen LogP contribution in [0.1, 0.15) is 81.4 Å². The number of rotatable bonds is 3. The minimum absolute atomic E-state index is 0.00464. The first kappa shape index (κ1) is 17.6. The van der Waals surface area contributed by atoms with Gasteiger partial charge in [-0.1, -0.05) is 45.0 Å². The molecule has 0 radical (unpaired) electrons. The van der Waals surface area contributed by atoms with Gasteiger partial charge >= 0.3 is 0 Å². The van der Waals surface area contributed by atoms with Gasteiger partial charge in [-0.05, 0) is 18.8 Å². The highest BCUT2D eigenvalue weighted by Crippen LogP contribution is 2.26.